The van der Waals surface area contributed by atoms with E-state index in [2.05, 4.69) is 67.2 Å². The summed E-state index contributed by atoms with van der Waals surface area (Å²) in [5, 5.41) is 0. The highest BCUT2D eigenvalue weighted by molar-refractivity contribution is 14.1. The van der Waals surface area contributed by atoms with E-state index in [1.165, 1.54) is 44.6 Å². The second-order valence-electron chi connectivity index (χ2n) is 3.97. The maximum absolute atomic E-state index is 4.34. The summed E-state index contributed by atoms with van der Waals surface area (Å²) >= 11 is 4.30. The number of pyridine rings is 1. The third-order valence-corrected chi connectivity index (χ3v) is 2.86. The lowest BCUT2D eigenvalue weighted by Crippen LogP contribution is -2.31. The van der Waals surface area contributed by atoms with Crippen LogP contribution < -0.4 is 0 Å². The van der Waals surface area contributed by atoms with Crippen molar-refractivity contribution in [2.75, 3.05) is 29.5 Å². The average Bonchev–Trinajstić information content (AvgIpc) is 2.51. The SMILES string of the molecule is CI.CI.c1ccc(CCN2CCCCC2)nc1. The highest BCUT2D eigenvalue weighted by Gasteiger charge is 2.09. The van der Waals surface area contributed by atoms with Gasteiger partial charge in [0.1, 0.15) is 0 Å². The first-order valence-electron chi connectivity index (χ1n) is 6.33. The van der Waals surface area contributed by atoms with Crippen molar-refractivity contribution in [3.05, 3.63) is 30.1 Å². The number of hydrogen-bond donors (Lipinski definition) is 0. The van der Waals surface area contributed by atoms with Gasteiger partial charge >= 0.3 is 0 Å². The number of nitrogens with zero attached hydrogens (tertiary/aromatic N) is 2. The number of likely N-dealkylation sites (tertiary alicyclic amines) is 1. The minimum atomic E-state index is 1.10. The molecule has 0 spiro atoms. The van der Waals surface area contributed by atoms with Crippen molar-refractivity contribution in [1.82, 2.24) is 9.88 Å². The molecule has 1 aromatic heterocycles. The molecule has 1 aliphatic heterocycles. The van der Waals surface area contributed by atoms with Crippen LogP contribution in [-0.4, -0.2) is 39.4 Å². The van der Waals surface area contributed by atoms with E-state index in [1.54, 1.807) is 0 Å². The molecule has 0 bridgehead atoms. The van der Waals surface area contributed by atoms with Gasteiger partial charge in [-0.1, -0.05) is 57.7 Å². The topological polar surface area (TPSA) is 16.1 Å². The highest BCUT2D eigenvalue weighted by atomic mass is 127. The fourth-order valence-corrected chi connectivity index (χ4v) is 2.00. The van der Waals surface area contributed by atoms with Crippen molar-refractivity contribution in [3.8, 4) is 0 Å². The zero-order valence-electron chi connectivity index (χ0n) is 11.4. The Hall–Kier alpha value is 0.570. The van der Waals surface area contributed by atoms with Crippen LogP contribution in [0.2, 0.25) is 0 Å². The fourth-order valence-electron chi connectivity index (χ4n) is 2.00. The number of piperidine rings is 1. The van der Waals surface area contributed by atoms with Crippen LogP contribution in [0.1, 0.15) is 25.0 Å². The van der Waals surface area contributed by atoms with Crippen molar-refractivity contribution in [2.45, 2.75) is 25.7 Å². The Morgan fingerprint density at radius 3 is 2.28 bits per heavy atom. The predicted octanol–water partition coefficient (Wildman–Crippen LogP) is 4.21. The van der Waals surface area contributed by atoms with Gasteiger partial charge in [0.25, 0.3) is 0 Å². The van der Waals surface area contributed by atoms with Crippen LogP contribution in [0.15, 0.2) is 24.4 Å². The van der Waals surface area contributed by atoms with Gasteiger partial charge in [0.05, 0.1) is 0 Å². The quantitative estimate of drug-likeness (QED) is 0.482. The van der Waals surface area contributed by atoms with Gasteiger partial charge in [0.2, 0.25) is 0 Å². The van der Waals surface area contributed by atoms with Crippen LogP contribution in [0.3, 0.4) is 0 Å². The molecule has 4 heteroatoms. The Kier molecular flexibility index (Phi) is 14.4. The summed E-state index contributed by atoms with van der Waals surface area (Å²) in [7, 11) is 0. The molecular formula is C14H24I2N2. The third-order valence-electron chi connectivity index (χ3n) is 2.86. The van der Waals surface area contributed by atoms with E-state index in [-0.39, 0.29) is 0 Å². The van der Waals surface area contributed by atoms with Gasteiger partial charge in [0, 0.05) is 24.9 Å². The molecule has 0 amide bonds. The van der Waals surface area contributed by atoms with Gasteiger partial charge in [0.15, 0.2) is 0 Å². The lowest BCUT2D eigenvalue weighted by molar-refractivity contribution is 0.231. The first-order valence-corrected chi connectivity index (χ1v) is 10.6. The summed E-state index contributed by atoms with van der Waals surface area (Å²) in [6, 6.07) is 6.16. The molecule has 0 N–H and O–H groups in total. The molecule has 0 saturated carbocycles. The van der Waals surface area contributed by atoms with Gasteiger partial charge in [-0.2, -0.15) is 0 Å². The van der Waals surface area contributed by atoms with E-state index in [0.29, 0.717) is 0 Å². The van der Waals surface area contributed by atoms with Crippen molar-refractivity contribution < 1.29 is 0 Å². The van der Waals surface area contributed by atoms with Crippen molar-refractivity contribution >= 4 is 45.2 Å². The Morgan fingerprint density at radius 1 is 1.06 bits per heavy atom. The first-order chi connectivity index (χ1) is 8.95. The van der Waals surface area contributed by atoms with Gasteiger partial charge in [-0.25, -0.2) is 0 Å². The normalized spacial score (nSPS) is 14.9. The standard InChI is InChI=1S/C12H18N2.2CH3I/c1-4-9-14(10-5-1)11-7-12-6-2-3-8-13-12;2*1-2/h2-3,6,8H,1,4-5,7,9-11H2;2*1H3. The molecule has 0 atom stereocenters. The molecule has 1 aromatic rings. The Morgan fingerprint density at radius 2 is 1.72 bits per heavy atom. The van der Waals surface area contributed by atoms with Crippen LogP contribution in [0.4, 0.5) is 0 Å². The summed E-state index contributed by atoms with van der Waals surface area (Å²) in [5.41, 5.74) is 1.22. The van der Waals surface area contributed by atoms with Crippen LogP contribution in [-0.2, 0) is 6.42 Å². The van der Waals surface area contributed by atoms with Gasteiger partial charge < -0.3 is 4.90 Å². The number of aromatic nitrogens is 1. The van der Waals surface area contributed by atoms with Crippen LogP contribution in [0.25, 0.3) is 0 Å². The number of rotatable bonds is 3. The first kappa shape index (κ1) is 18.6. The maximum Gasteiger partial charge on any atom is 0.0416 e. The van der Waals surface area contributed by atoms with E-state index in [4.69, 9.17) is 0 Å². The minimum Gasteiger partial charge on any atom is -0.303 e. The van der Waals surface area contributed by atoms with E-state index < -0.39 is 0 Å². The summed E-state index contributed by atoms with van der Waals surface area (Å²) in [6.45, 7) is 3.75. The van der Waals surface area contributed by atoms with E-state index in [9.17, 15) is 0 Å². The molecule has 2 heterocycles. The lowest BCUT2D eigenvalue weighted by Gasteiger charge is -2.26. The zero-order chi connectivity index (χ0) is 13.6. The molecule has 0 unspecified atom stereocenters. The second kappa shape index (κ2) is 14.0. The smallest absolute Gasteiger partial charge is 0.0416 e. The Balaban J connectivity index is 0.000000659. The highest BCUT2D eigenvalue weighted by Crippen LogP contribution is 2.09. The second-order valence-corrected chi connectivity index (χ2v) is 3.97. The van der Waals surface area contributed by atoms with Crippen LogP contribution in [0, 0.1) is 0 Å². The van der Waals surface area contributed by atoms with Gasteiger partial charge in [-0.05, 0) is 47.9 Å². The summed E-state index contributed by atoms with van der Waals surface area (Å²) in [5.74, 6) is 0. The van der Waals surface area contributed by atoms with E-state index in [1.807, 2.05) is 22.1 Å². The zero-order valence-corrected chi connectivity index (χ0v) is 15.7. The maximum atomic E-state index is 4.34. The van der Waals surface area contributed by atoms with E-state index >= 15 is 0 Å². The number of hydrogen-bond acceptors (Lipinski definition) is 2. The molecule has 1 aliphatic rings. The Bertz CT molecular complexity index is 262. The number of halogens is 2. The average molecular weight is 474 g/mol. The number of alkyl halides is 2. The third kappa shape index (κ3) is 8.63. The van der Waals surface area contributed by atoms with E-state index in [0.717, 1.165) is 6.42 Å². The molecule has 104 valence electrons. The largest absolute Gasteiger partial charge is 0.303 e. The predicted molar refractivity (Wildman–Crippen MR) is 98.1 cm³/mol. The van der Waals surface area contributed by atoms with Crippen LogP contribution in [0.5, 0.6) is 0 Å². The van der Waals surface area contributed by atoms with Gasteiger partial charge in [-0.3, -0.25) is 4.98 Å². The Labute approximate surface area is 139 Å². The molecule has 0 aromatic carbocycles. The van der Waals surface area contributed by atoms with Crippen molar-refractivity contribution in [1.29, 1.82) is 0 Å². The monoisotopic (exact) mass is 474 g/mol. The molecule has 0 radical (unpaired) electrons. The minimum absolute atomic E-state index is 1.10. The summed E-state index contributed by atoms with van der Waals surface area (Å²) in [4.78, 5) is 10.8. The summed E-state index contributed by atoms with van der Waals surface area (Å²) < 4.78 is 0. The fraction of sp³-hybridized carbons (Fsp3) is 0.643. The molecule has 18 heavy (non-hydrogen) atoms. The molecular weight excluding hydrogens is 450 g/mol. The molecule has 2 rings (SSSR count). The van der Waals surface area contributed by atoms with Crippen molar-refractivity contribution in [2.24, 2.45) is 0 Å². The molecule has 2 nitrogen and oxygen atoms in total. The lowest BCUT2D eigenvalue weighted by atomic mass is 10.1. The molecule has 1 fully saturated rings. The summed E-state index contributed by atoms with van der Waals surface area (Å²) in [6.07, 6.45) is 7.15. The van der Waals surface area contributed by atoms with Crippen LogP contribution >= 0.6 is 45.2 Å². The van der Waals surface area contributed by atoms with Crippen molar-refractivity contribution in [3.63, 3.8) is 0 Å². The molecule has 1 saturated heterocycles. The van der Waals surface area contributed by atoms with Gasteiger partial charge in [-0.15, -0.1) is 0 Å². The molecule has 0 aliphatic carbocycles.